The standard InChI is InChI=1S/C10H19N3O/c1-3-6-12-8-9-13(10(12)14)7-4-5-11-2/h8-9,11H,3-7H2,1-2H3. The number of aryl methyl sites for hydroxylation is 2. The maximum Gasteiger partial charge on any atom is 0.328 e. The fourth-order valence-electron chi connectivity index (χ4n) is 1.46. The summed E-state index contributed by atoms with van der Waals surface area (Å²) in [6.07, 6.45) is 5.73. The van der Waals surface area contributed by atoms with Crippen LogP contribution in [0, 0.1) is 0 Å². The van der Waals surface area contributed by atoms with Crippen LogP contribution in [0.4, 0.5) is 0 Å². The average molecular weight is 197 g/mol. The summed E-state index contributed by atoms with van der Waals surface area (Å²) in [4.78, 5) is 11.7. The predicted molar refractivity (Wildman–Crippen MR) is 57.5 cm³/mol. The molecule has 0 aromatic carbocycles. The number of rotatable bonds is 6. The third-order valence-corrected chi connectivity index (χ3v) is 2.21. The highest BCUT2D eigenvalue weighted by Crippen LogP contribution is 1.90. The fraction of sp³-hybridized carbons (Fsp3) is 0.700. The van der Waals surface area contributed by atoms with Crippen molar-refractivity contribution >= 4 is 0 Å². The molecule has 0 amide bonds. The van der Waals surface area contributed by atoms with E-state index in [0.717, 1.165) is 32.5 Å². The smallest absolute Gasteiger partial charge is 0.320 e. The first-order chi connectivity index (χ1) is 6.79. The molecule has 0 atom stereocenters. The van der Waals surface area contributed by atoms with E-state index in [1.54, 1.807) is 9.13 Å². The minimum Gasteiger partial charge on any atom is -0.320 e. The van der Waals surface area contributed by atoms with Crippen molar-refractivity contribution in [1.29, 1.82) is 0 Å². The Hall–Kier alpha value is -1.03. The van der Waals surface area contributed by atoms with Crippen LogP contribution in [-0.4, -0.2) is 22.7 Å². The van der Waals surface area contributed by atoms with Crippen molar-refractivity contribution in [2.45, 2.75) is 32.9 Å². The van der Waals surface area contributed by atoms with Gasteiger partial charge in [-0.1, -0.05) is 6.92 Å². The van der Waals surface area contributed by atoms with Crippen LogP contribution >= 0.6 is 0 Å². The van der Waals surface area contributed by atoms with E-state index in [1.807, 2.05) is 19.4 Å². The van der Waals surface area contributed by atoms with Crippen LogP contribution in [0.2, 0.25) is 0 Å². The zero-order valence-electron chi connectivity index (χ0n) is 8.99. The predicted octanol–water partition coefficient (Wildman–Crippen LogP) is 0.669. The molecule has 0 fully saturated rings. The summed E-state index contributed by atoms with van der Waals surface area (Å²) in [7, 11) is 1.92. The summed E-state index contributed by atoms with van der Waals surface area (Å²) in [6.45, 7) is 4.64. The molecule has 1 N–H and O–H groups in total. The van der Waals surface area contributed by atoms with Gasteiger partial charge >= 0.3 is 5.69 Å². The van der Waals surface area contributed by atoms with Crippen LogP contribution in [0.15, 0.2) is 17.2 Å². The van der Waals surface area contributed by atoms with Gasteiger partial charge < -0.3 is 5.32 Å². The van der Waals surface area contributed by atoms with E-state index in [1.165, 1.54) is 0 Å². The minimum absolute atomic E-state index is 0.114. The van der Waals surface area contributed by atoms with Crippen molar-refractivity contribution in [1.82, 2.24) is 14.5 Å². The van der Waals surface area contributed by atoms with Crippen LogP contribution in [0.1, 0.15) is 19.8 Å². The lowest BCUT2D eigenvalue weighted by molar-refractivity contribution is 0.569. The van der Waals surface area contributed by atoms with Gasteiger partial charge in [0.05, 0.1) is 0 Å². The molecule has 1 heterocycles. The number of nitrogens with one attached hydrogen (secondary N) is 1. The second-order valence-corrected chi connectivity index (χ2v) is 3.42. The molecule has 0 unspecified atom stereocenters. The van der Waals surface area contributed by atoms with Gasteiger partial charge in [-0.3, -0.25) is 9.13 Å². The summed E-state index contributed by atoms with van der Waals surface area (Å²) in [5.41, 5.74) is 0.114. The van der Waals surface area contributed by atoms with E-state index in [4.69, 9.17) is 0 Å². The quantitative estimate of drug-likeness (QED) is 0.681. The van der Waals surface area contributed by atoms with Crippen LogP contribution in [0.5, 0.6) is 0 Å². The molecule has 0 aliphatic heterocycles. The lowest BCUT2D eigenvalue weighted by Crippen LogP contribution is -2.25. The second kappa shape index (κ2) is 5.65. The van der Waals surface area contributed by atoms with Crippen molar-refractivity contribution in [2.24, 2.45) is 0 Å². The topological polar surface area (TPSA) is 39.0 Å². The van der Waals surface area contributed by atoms with Gasteiger partial charge in [-0.25, -0.2) is 4.79 Å². The molecular weight excluding hydrogens is 178 g/mol. The van der Waals surface area contributed by atoms with Gasteiger partial charge in [0.2, 0.25) is 0 Å². The van der Waals surface area contributed by atoms with E-state index < -0.39 is 0 Å². The normalized spacial score (nSPS) is 10.7. The lowest BCUT2D eigenvalue weighted by atomic mass is 10.4. The van der Waals surface area contributed by atoms with Gasteiger partial charge in [0.25, 0.3) is 0 Å². The van der Waals surface area contributed by atoms with E-state index in [-0.39, 0.29) is 5.69 Å². The fourth-order valence-corrected chi connectivity index (χ4v) is 1.46. The molecule has 80 valence electrons. The minimum atomic E-state index is 0.114. The van der Waals surface area contributed by atoms with Gasteiger partial charge in [0.15, 0.2) is 0 Å². The lowest BCUT2D eigenvalue weighted by Gasteiger charge is -2.01. The summed E-state index contributed by atoms with van der Waals surface area (Å²) >= 11 is 0. The molecule has 0 radical (unpaired) electrons. The summed E-state index contributed by atoms with van der Waals surface area (Å²) in [5.74, 6) is 0. The van der Waals surface area contributed by atoms with E-state index in [9.17, 15) is 4.79 Å². The number of hydrogen-bond donors (Lipinski definition) is 1. The Morgan fingerprint density at radius 1 is 1.29 bits per heavy atom. The molecule has 0 spiro atoms. The average Bonchev–Trinajstić information content (AvgIpc) is 2.51. The summed E-state index contributed by atoms with van der Waals surface area (Å²) in [6, 6.07) is 0. The van der Waals surface area contributed by atoms with Crippen LogP contribution < -0.4 is 11.0 Å². The van der Waals surface area contributed by atoms with Crippen molar-refractivity contribution in [3.05, 3.63) is 22.9 Å². The Balaban J connectivity index is 2.56. The first-order valence-electron chi connectivity index (χ1n) is 5.19. The molecule has 4 nitrogen and oxygen atoms in total. The van der Waals surface area contributed by atoms with Crippen molar-refractivity contribution in [3.8, 4) is 0 Å². The van der Waals surface area contributed by atoms with Gasteiger partial charge in [0, 0.05) is 25.5 Å². The Morgan fingerprint density at radius 2 is 1.93 bits per heavy atom. The Labute approximate surface area is 84.5 Å². The SMILES string of the molecule is CCCn1ccn(CCCNC)c1=O. The first kappa shape index (κ1) is 11.0. The summed E-state index contributed by atoms with van der Waals surface area (Å²) < 4.78 is 3.53. The van der Waals surface area contributed by atoms with E-state index in [0.29, 0.717) is 0 Å². The molecule has 1 aromatic heterocycles. The maximum atomic E-state index is 11.7. The molecule has 0 aliphatic rings. The highest BCUT2D eigenvalue weighted by atomic mass is 16.1. The summed E-state index contributed by atoms with van der Waals surface area (Å²) in [5, 5.41) is 3.07. The second-order valence-electron chi connectivity index (χ2n) is 3.42. The number of hydrogen-bond acceptors (Lipinski definition) is 2. The van der Waals surface area contributed by atoms with Gasteiger partial charge in [-0.15, -0.1) is 0 Å². The molecule has 1 rings (SSSR count). The van der Waals surface area contributed by atoms with Crippen LogP contribution in [-0.2, 0) is 13.1 Å². The Morgan fingerprint density at radius 3 is 2.50 bits per heavy atom. The number of imidazole rings is 1. The van der Waals surface area contributed by atoms with Crippen molar-refractivity contribution in [2.75, 3.05) is 13.6 Å². The molecule has 0 saturated heterocycles. The van der Waals surface area contributed by atoms with Crippen LogP contribution in [0.3, 0.4) is 0 Å². The highest BCUT2D eigenvalue weighted by Gasteiger charge is 2.00. The maximum absolute atomic E-state index is 11.7. The largest absolute Gasteiger partial charge is 0.328 e. The van der Waals surface area contributed by atoms with Crippen LogP contribution in [0.25, 0.3) is 0 Å². The highest BCUT2D eigenvalue weighted by molar-refractivity contribution is 4.81. The zero-order chi connectivity index (χ0) is 10.4. The van der Waals surface area contributed by atoms with E-state index in [2.05, 4.69) is 12.2 Å². The molecule has 0 bridgehead atoms. The zero-order valence-corrected chi connectivity index (χ0v) is 8.99. The van der Waals surface area contributed by atoms with Gasteiger partial charge in [0.1, 0.15) is 0 Å². The van der Waals surface area contributed by atoms with Gasteiger partial charge in [-0.2, -0.15) is 0 Å². The van der Waals surface area contributed by atoms with E-state index >= 15 is 0 Å². The number of aromatic nitrogens is 2. The van der Waals surface area contributed by atoms with Crippen molar-refractivity contribution in [3.63, 3.8) is 0 Å². The molecular formula is C10H19N3O. The first-order valence-corrected chi connectivity index (χ1v) is 5.19. The molecule has 1 aromatic rings. The third kappa shape index (κ3) is 2.73. The Bertz CT molecular complexity index is 313. The molecule has 0 aliphatic carbocycles. The van der Waals surface area contributed by atoms with Gasteiger partial charge in [-0.05, 0) is 26.4 Å². The van der Waals surface area contributed by atoms with Crippen molar-refractivity contribution < 1.29 is 0 Å². The molecule has 4 heteroatoms. The number of nitrogens with zero attached hydrogens (tertiary/aromatic N) is 2. The molecule has 0 saturated carbocycles. The Kier molecular flexibility index (Phi) is 4.46. The molecule has 14 heavy (non-hydrogen) atoms. The monoisotopic (exact) mass is 197 g/mol. The third-order valence-electron chi connectivity index (χ3n) is 2.21.